The first kappa shape index (κ1) is 15.5. The molecular weight excluding hydrogens is 270 g/mol. The van der Waals surface area contributed by atoms with Crippen molar-refractivity contribution in [3.05, 3.63) is 17.0 Å². The minimum absolute atomic E-state index is 0.0147. The van der Waals surface area contributed by atoms with E-state index >= 15 is 0 Å². The van der Waals surface area contributed by atoms with Crippen LogP contribution in [0.2, 0.25) is 0 Å². The van der Waals surface area contributed by atoms with Gasteiger partial charge < -0.3 is 10.0 Å². The van der Waals surface area contributed by atoms with E-state index in [1.807, 2.05) is 27.8 Å². The quantitative estimate of drug-likeness (QED) is 0.915. The molecular formula is C15H23N3O3. The number of aliphatic carboxylic acids is 1. The molecule has 1 aliphatic heterocycles. The predicted molar refractivity (Wildman–Crippen MR) is 78.0 cm³/mol. The van der Waals surface area contributed by atoms with Gasteiger partial charge in [0.05, 0.1) is 17.0 Å². The van der Waals surface area contributed by atoms with Crippen LogP contribution < -0.4 is 0 Å². The minimum atomic E-state index is -0.834. The lowest BCUT2D eigenvalue weighted by atomic mass is 9.90. The van der Waals surface area contributed by atoms with Crippen molar-refractivity contribution in [1.29, 1.82) is 0 Å². The van der Waals surface area contributed by atoms with Crippen LogP contribution in [-0.4, -0.2) is 44.8 Å². The summed E-state index contributed by atoms with van der Waals surface area (Å²) in [5.41, 5.74) is 1.96. The molecule has 21 heavy (non-hydrogen) atoms. The van der Waals surface area contributed by atoms with E-state index in [1.165, 1.54) is 0 Å². The van der Waals surface area contributed by atoms with Crippen LogP contribution in [0.4, 0.5) is 0 Å². The molecule has 2 rings (SSSR count). The normalized spacial score (nSPS) is 23.4. The summed E-state index contributed by atoms with van der Waals surface area (Å²) in [4.78, 5) is 25.6. The average molecular weight is 293 g/mol. The summed E-state index contributed by atoms with van der Waals surface area (Å²) in [5, 5.41) is 13.6. The molecule has 6 nitrogen and oxygen atoms in total. The van der Waals surface area contributed by atoms with E-state index in [0.717, 1.165) is 17.0 Å². The number of carbonyl (C=O) groups excluding carboxylic acids is 1. The number of carboxylic acid groups (broad SMARTS) is 1. The second kappa shape index (κ2) is 5.16. The van der Waals surface area contributed by atoms with Crippen LogP contribution in [-0.2, 0) is 16.6 Å². The van der Waals surface area contributed by atoms with E-state index in [2.05, 4.69) is 5.10 Å². The van der Waals surface area contributed by atoms with Gasteiger partial charge in [-0.15, -0.1) is 0 Å². The molecule has 0 aromatic carbocycles. The molecule has 1 amide bonds. The van der Waals surface area contributed by atoms with Crippen molar-refractivity contribution in [3.63, 3.8) is 0 Å². The standard InChI is InChI=1S/C15H23N3O3/c1-9(12-10(2)16-17(5)11(12)3)13(19)18-7-6-15(4,8-18)14(20)21/h9H,6-8H2,1-5H3,(H,20,21). The maximum atomic E-state index is 12.7. The first-order valence-corrected chi connectivity index (χ1v) is 7.19. The second-order valence-corrected chi connectivity index (χ2v) is 6.31. The number of aromatic nitrogens is 2. The molecule has 1 aliphatic rings. The fourth-order valence-corrected chi connectivity index (χ4v) is 3.14. The Labute approximate surface area is 124 Å². The highest BCUT2D eigenvalue weighted by Gasteiger charge is 2.43. The van der Waals surface area contributed by atoms with Gasteiger partial charge in [-0.05, 0) is 34.1 Å². The van der Waals surface area contributed by atoms with Crippen molar-refractivity contribution in [2.75, 3.05) is 13.1 Å². The summed E-state index contributed by atoms with van der Waals surface area (Å²) in [5.74, 6) is -1.15. The predicted octanol–water partition coefficient (Wildman–Crippen LogP) is 1.46. The minimum Gasteiger partial charge on any atom is -0.481 e. The van der Waals surface area contributed by atoms with Crippen molar-refractivity contribution < 1.29 is 14.7 Å². The van der Waals surface area contributed by atoms with Crippen LogP contribution in [0, 0.1) is 19.3 Å². The topological polar surface area (TPSA) is 75.4 Å². The van der Waals surface area contributed by atoms with E-state index in [4.69, 9.17) is 0 Å². The molecule has 0 saturated carbocycles. The second-order valence-electron chi connectivity index (χ2n) is 6.31. The van der Waals surface area contributed by atoms with Gasteiger partial charge in [0.2, 0.25) is 5.91 Å². The third kappa shape index (κ3) is 2.54. The molecule has 6 heteroatoms. The molecule has 0 spiro atoms. The number of carbonyl (C=O) groups is 2. The fourth-order valence-electron chi connectivity index (χ4n) is 3.14. The smallest absolute Gasteiger partial charge is 0.311 e. The molecule has 116 valence electrons. The first-order chi connectivity index (χ1) is 9.67. The number of carboxylic acids is 1. The number of hydrogen-bond donors (Lipinski definition) is 1. The van der Waals surface area contributed by atoms with Crippen molar-refractivity contribution in [1.82, 2.24) is 14.7 Å². The van der Waals surface area contributed by atoms with Gasteiger partial charge in [-0.1, -0.05) is 0 Å². The maximum absolute atomic E-state index is 12.7. The van der Waals surface area contributed by atoms with Gasteiger partial charge in [-0.2, -0.15) is 5.10 Å². The molecule has 0 aliphatic carbocycles. The van der Waals surface area contributed by atoms with Crippen molar-refractivity contribution in [3.8, 4) is 0 Å². The Balaban J connectivity index is 2.20. The zero-order valence-corrected chi connectivity index (χ0v) is 13.3. The summed E-state index contributed by atoms with van der Waals surface area (Å²) in [6.07, 6.45) is 0.506. The number of likely N-dealkylation sites (tertiary alicyclic amines) is 1. The summed E-state index contributed by atoms with van der Waals surface area (Å²) < 4.78 is 1.78. The average Bonchev–Trinajstić information content (AvgIpc) is 2.91. The van der Waals surface area contributed by atoms with Crippen LogP contribution in [0.5, 0.6) is 0 Å². The molecule has 1 N–H and O–H groups in total. The van der Waals surface area contributed by atoms with Crippen molar-refractivity contribution in [2.45, 2.75) is 40.0 Å². The van der Waals surface area contributed by atoms with Gasteiger partial charge in [-0.3, -0.25) is 14.3 Å². The molecule has 2 heterocycles. The molecule has 0 bridgehead atoms. The lowest BCUT2D eigenvalue weighted by Gasteiger charge is -2.23. The molecule has 0 radical (unpaired) electrons. The molecule has 1 saturated heterocycles. The molecule has 1 aromatic rings. The summed E-state index contributed by atoms with van der Waals surface area (Å²) in [6.45, 7) is 8.21. The maximum Gasteiger partial charge on any atom is 0.311 e. The lowest BCUT2D eigenvalue weighted by molar-refractivity contribution is -0.147. The van der Waals surface area contributed by atoms with Gasteiger partial charge in [0.1, 0.15) is 0 Å². The molecule has 1 fully saturated rings. The van der Waals surface area contributed by atoms with Gasteiger partial charge in [0, 0.05) is 31.4 Å². The van der Waals surface area contributed by atoms with E-state index in [0.29, 0.717) is 13.0 Å². The number of rotatable bonds is 3. The van der Waals surface area contributed by atoms with Gasteiger partial charge in [0.25, 0.3) is 0 Å². The lowest BCUT2D eigenvalue weighted by Crippen LogP contribution is -2.37. The van der Waals surface area contributed by atoms with Crippen LogP contribution in [0.15, 0.2) is 0 Å². The highest BCUT2D eigenvalue weighted by atomic mass is 16.4. The Bertz CT molecular complexity index is 593. The van der Waals surface area contributed by atoms with Crippen LogP contribution in [0.25, 0.3) is 0 Å². The zero-order chi connectivity index (χ0) is 15.9. The molecule has 2 unspecified atom stereocenters. The third-order valence-corrected chi connectivity index (χ3v) is 4.67. The Hall–Kier alpha value is -1.85. The highest BCUT2D eigenvalue weighted by molar-refractivity contribution is 5.85. The van der Waals surface area contributed by atoms with Crippen molar-refractivity contribution in [2.24, 2.45) is 12.5 Å². The highest BCUT2D eigenvalue weighted by Crippen LogP contribution is 2.33. The number of hydrogen-bond acceptors (Lipinski definition) is 3. The fraction of sp³-hybridized carbons (Fsp3) is 0.667. The van der Waals surface area contributed by atoms with Crippen LogP contribution in [0.1, 0.15) is 43.1 Å². The van der Waals surface area contributed by atoms with E-state index < -0.39 is 11.4 Å². The monoisotopic (exact) mass is 293 g/mol. The number of aryl methyl sites for hydroxylation is 2. The summed E-state index contributed by atoms with van der Waals surface area (Å²) in [6, 6.07) is 0. The Morgan fingerprint density at radius 1 is 1.38 bits per heavy atom. The SMILES string of the molecule is Cc1nn(C)c(C)c1C(C)C(=O)N1CCC(C)(C(=O)O)C1. The molecule has 1 aromatic heterocycles. The van der Waals surface area contributed by atoms with Crippen LogP contribution >= 0.6 is 0 Å². The Morgan fingerprint density at radius 3 is 2.43 bits per heavy atom. The molecule has 2 atom stereocenters. The Kier molecular flexibility index (Phi) is 3.82. The van der Waals surface area contributed by atoms with Gasteiger partial charge in [0.15, 0.2) is 0 Å². The summed E-state index contributed by atoms with van der Waals surface area (Å²) in [7, 11) is 1.86. The van der Waals surface area contributed by atoms with Crippen LogP contribution in [0.3, 0.4) is 0 Å². The number of nitrogens with zero attached hydrogens (tertiary/aromatic N) is 3. The first-order valence-electron chi connectivity index (χ1n) is 7.19. The third-order valence-electron chi connectivity index (χ3n) is 4.67. The zero-order valence-electron chi connectivity index (χ0n) is 13.3. The van der Waals surface area contributed by atoms with E-state index in [9.17, 15) is 14.7 Å². The van der Waals surface area contributed by atoms with Gasteiger partial charge in [-0.25, -0.2) is 0 Å². The van der Waals surface area contributed by atoms with E-state index in [-0.39, 0.29) is 18.4 Å². The number of amides is 1. The van der Waals surface area contributed by atoms with E-state index in [1.54, 1.807) is 16.5 Å². The largest absolute Gasteiger partial charge is 0.481 e. The Morgan fingerprint density at radius 2 is 2.00 bits per heavy atom. The van der Waals surface area contributed by atoms with Gasteiger partial charge >= 0.3 is 5.97 Å². The summed E-state index contributed by atoms with van der Waals surface area (Å²) >= 11 is 0. The van der Waals surface area contributed by atoms with Crippen molar-refractivity contribution >= 4 is 11.9 Å².